The molecule has 0 fully saturated rings. The molecule has 1 aliphatic rings. The van der Waals surface area contributed by atoms with Crippen LogP contribution in [-0.2, 0) is 24.9 Å². The van der Waals surface area contributed by atoms with Crippen molar-refractivity contribution in [3.63, 3.8) is 0 Å². The number of carbonyl (C=O) groups is 1. The number of carbonyl (C=O) groups excluding carboxylic acids is 1. The topological polar surface area (TPSA) is 50.2 Å². The number of nitrogens with zero attached hydrogens (tertiary/aromatic N) is 1. The van der Waals surface area contributed by atoms with E-state index >= 15 is 0 Å². The van der Waals surface area contributed by atoms with E-state index in [4.69, 9.17) is 5.11 Å². The molecular weight excluding hydrogens is 547 g/mol. The Hall–Kier alpha value is -2.24. The fourth-order valence-corrected chi connectivity index (χ4v) is 2.53. The van der Waals surface area contributed by atoms with Crippen molar-refractivity contribution >= 4 is 22.3 Å². The van der Waals surface area contributed by atoms with Gasteiger partial charge in [0.05, 0.1) is 11.3 Å². The van der Waals surface area contributed by atoms with Crippen LogP contribution in [0.15, 0.2) is 59.9 Å². The zero-order chi connectivity index (χ0) is 20.0. The van der Waals surface area contributed by atoms with Crippen LogP contribution in [0.25, 0.3) is 16.5 Å². The van der Waals surface area contributed by atoms with Crippen molar-refractivity contribution < 1.29 is 43.2 Å². The Bertz CT molecular complexity index is 927. The quantitative estimate of drug-likeness (QED) is 0.287. The molecule has 1 N–H and O–H groups in total. The van der Waals surface area contributed by atoms with Gasteiger partial charge in [-0.3, -0.25) is 4.79 Å². The molecule has 2 aromatic rings. The van der Waals surface area contributed by atoms with Gasteiger partial charge in [-0.25, -0.2) is 0 Å². The number of benzene rings is 1. The Balaban J connectivity index is 0.000000425. The molecule has 0 spiro atoms. The predicted octanol–water partition coefficient (Wildman–Crippen LogP) is 5.74. The second kappa shape index (κ2) is 10.3. The zero-order valence-corrected chi connectivity index (χ0v) is 17.7. The molecule has 0 saturated heterocycles. The summed E-state index contributed by atoms with van der Waals surface area (Å²) in [6.45, 7) is 2.85. The number of fused-ring (bicyclic) bond motifs is 1. The van der Waals surface area contributed by atoms with E-state index in [9.17, 15) is 18.0 Å². The number of pyridine rings is 1. The molecule has 0 aliphatic heterocycles. The number of ketones is 1. The zero-order valence-electron chi connectivity index (χ0n) is 15.3. The fraction of sp³-hybridized carbons (Fsp3) is 0.238. The van der Waals surface area contributed by atoms with Crippen molar-refractivity contribution in [2.45, 2.75) is 32.9 Å². The molecule has 0 atom stereocenters. The Morgan fingerprint density at radius 2 is 1.86 bits per heavy atom. The Morgan fingerprint density at radius 3 is 2.43 bits per heavy atom. The van der Waals surface area contributed by atoms with Gasteiger partial charge in [0.25, 0.3) is 0 Å². The van der Waals surface area contributed by atoms with Crippen molar-refractivity contribution in [3.8, 4) is 0 Å². The van der Waals surface area contributed by atoms with Crippen molar-refractivity contribution in [1.82, 2.24) is 4.98 Å². The number of aromatic nitrogens is 1. The van der Waals surface area contributed by atoms with Gasteiger partial charge in [-0.05, 0) is 43.0 Å². The largest absolute Gasteiger partial charge is 0.512 e. The summed E-state index contributed by atoms with van der Waals surface area (Å²) < 4.78 is 38.3. The average molecular weight is 567 g/mol. The Morgan fingerprint density at radius 1 is 1.18 bits per heavy atom. The van der Waals surface area contributed by atoms with Gasteiger partial charge in [-0.2, -0.15) is 30.9 Å². The van der Waals surface area contributed by atoms with Gasteiger partial charge < -0.3 is 10.1 Å². The molecule has 1 aromatic carbocycles. The van der Waals surface area contributed by atoms with Crippen LogP contribution in [0.4, 0.5) is 13.2 Å². The second-order valence-corrected chi connectivity index (χ2v) is 6.04. The number of alkyl halides is 3. The van der Waals surface area contributed by atoms with Crippen molar-refractivity contribution in [3.05, 3.63) is 71.7 Å². The summed E-state index contributed by atoms with van der Waals surface area (Å²) in [5, 5.41) is 9.33. The van der Waals surface area contributed by atoms with E-state index in [1.165, 1.54) is 19.9 Å². The minimum Gasteiger partial charge on any atom is -0.512 e. The van der Waals surface area contributed by atoms with Gasteiger partial charge in [0, 0.05) is 26.2 Å². The molecule has 151 valence electrons. The first kappa shape index (κ1) is 23.8. The first-order chi connectivity index (χ1) is 12.7. The maximum atomic E-state index is 12.8. The molecule has 1 aliphatic carbocycles. The maximum Gasteiger partial charge on any atom is 0.401 e. The molecule has 0 bridgehead atoms. The van der Waals surface area contributed by atoms with Crippen LogP contribution in [0.3, 0.4) is 0 Å². The van der Waals surface area contributed by atoms with Crippen LogP contribution in [0.5, 0.6) is 0 Å². The van der Waals surface area contributed by atoms with Crippen molar-refractivity contribution in [2.24, 2.45) is 0 Å². The van der Waals surface area contributed by atoms with Gasteiger partial charge in [-0.1, -0.05) is 36.8 Å². The van der Waals surface area contributed by atoms with Crippen LogP contribution in [0.1, 0.15) is 32.4 Å². The third kappa shape index (κ3) is 7.06. The van der Waals surface area contributed by atoms with Crippen molar-refractivity contribution in [2.75, 3.05) is 0 Å². The molecular formula is C21H19F3IrNO2-. The van der Waals surface area contributed by atoms with Gasteiger partial charge in [0.15, 0.2) is 5.78 Å². The number of aliphatic hydroxyl groups excluding tert-OH is 1. The predicted molar refractivity (Wildman–Crippen MR) is 98.8 cm³/mol. The van der Waals surface area contributed by atoms with Gasteiger partial charge in [0.1, 0.15) is 0 Å². The summed E-state index contributed by atoms with van der Waals surface area (Å²) in [7, 11) is 0. The summed E-state index contributed by atoms with van der Waals surface area (Å²) in [6.07, 6.45) is 1.29. The SMILES string of the molecule is CC(=O)/C=C(/C)O.FC(F)(F)C1=CC(c2ccc3ccccc3n2)=[C-]CC1.[Ir]. The van der Waals surface area contributed by atoms with Gasteiger partial charge >= 0.3 is 6.18 Å². The van der Waals surface area contributed by atoms with Crippen LogP contribution in [0, 0.1) is 6.08 Å². The Labute approximate surface area is 175 Å². The monoisotopic (exact) mass is 567 g/mol. The summed E-state index contributed by atoms with van der Waals surface area (Å²) in [5.41, 5.74) is 1.22. The molecule has 3 nitrogen and oxygen atoms in total. The molecule has 3 rings (SSSR count). The van der Waals surface area contributed by atoms with E-state index in [0.29, 0.717) is 11.3 Å². The number of halogens is 3. The molecule has 28 heavy (non-hydrogen) atoms. The molecule has 1 heterocycles. The Kier molecular flexibility index (Phi) is 8.79. The summed E-state index contributed by atoms with van der Waals surface area (Å²) in [5.74, 6) is -0.0625. The number of allylic oxidation sites excluding steroid dienone is 6. The molecule has 0 unspecified atom stereocenters. The average Bonchev–Trinajstić information content (AvgIpc) is 2.60. The number of rotatable bonds is 2. The summed E-state index contributed by atoms with van der Waals surface area (Å²) in [4.78, 5) is 14.4. The number of hydrogen-bond acceptors (Lipinski definition) is 3. The van der Waals surface area contributed by atoms with E-state index < -0.39 is 11.7 Å². The summed E-state index contributed by atoms with van der Waals surface area (Å²) >= 11 is 0. The minimum absolute atomic E-state index is 0. The number of para-hydroxylation sites is 1. The summed E-state index contributed by atoms with van der Waals surface area (Å²) in [6, 6.07) is 11.1. The van der Waals surface area contributed by atoms with Crippen LogP contribution >= 0.6 is 0 Å². The fourth-order valence-electron chi connectivity index (χ4n) is 2.53. The number of hydrogen-bond donors (Lipinski definition) is 1. The molecule has 0 amide bonds. The van der Waals surface area contributed by atoms with E-state index in [1.807, 2.05) is 30.3 Å². The molecule has 1 aromatic heterocycles. The van der Waals surface area contributed by atoms with E-state index in [0.717, 1.165) is 17.0 Å². The van der Waals surface area contributed by atoms with E-state index in [1.54, 1.807) is 6.07 Å². The first-order valence-corrected chi connectivity index (χ1v) is 8.29. The normalized spacial score (nSPS) is 14.2. The first-order valence-electron chi connectivity index (χ1n) is 8.29. The molecule has 0 saturated carbocycles. The third-order valence-electron chi connectivity index (χ3n) is 3.68. The molecule has 1 radical (unpaired) electrons. The van der Waals surface area contributed by atoms with E-state index in [-0.39, 0.29) is 44.5 Å². The van der Waals surface area contributed by atoms with Crippen LogP contribution in [-0.4, -0.2) is 22.1 Å². The van der Waals surface area contributed by atoms with Crippen LogP contribution < -0.4 is 0 Å². The molecule has 7 heteroatoms. The smallest absolute Gasteiger partial charge is 0.401 e. The van der Waals surface area contributed by atoms with E-state index in [2.05, 4.69) is 11.1 Å². The van der Waals surface area contributed by atoms with Crippen LogP contribution in [0.2, 0.25) is 0 Å². The van der Waals surface area contributed by atoms with Gasteiger partial charge in [-0.15, -0.1) is 0 Å². The standard InChI is InChI=1S/C16H11F3N.C5H8O2.Ir/c17-16(18,19)13-6-3-5-12(10-13)15-9-8-11-4-1-2-7-14(11)20-15;1-4(6)3-5(2)7;/h1-2,4,7-10H,3,6H2;3,6H,1-2H3;/q-1;;/b;4-3-;. The van der Waals surface area contributed by atoms with Crippen molar-refractivity contribution in [1.29, 1.82) is 0 Å². The third-order valence-corrected chi connectivity index (χ3v) is 3.68. The minimum atomic E-state index is -4.27. The number of aliphatic hydroxyl groups is 1. The van der Waals surface area contributed by atoms with Gasteiger partial charge in [0.2, 0.25) is 0 Å². The second-order valence-electron chi connectivity index (χ2n) is 6.04. The maximum absolute atomic E-state index is 12.8.